The summed E-state index contributed by atoms with van der Waals surface area (Å²) in [6, 6.07) is 13.1. The lowest BCUT2D eigenvalue weighted by Gasteiger charge is -2.38. The molecular formula is C17H18N4. The van der Waals surface area contributed by atoms with Crippen LogP contribution in [0.3, 0.4) is 0 Å². The van der Waals surface area contributed by atoms with Crippen molar-refractivity contribution >= 4 is 5.82 Å². The highest BCUT2D eigenvalue weighted by Gasteiger charge is 2.27. The lowest BCUT2D eigenvalue weighted by atomic mass is 9.86. The normalized spacial score (nSPS) is 21.8. The fourth-order valence-corrected chi connectivity index (χ4v) is 3.07. The van der Waals surface area contributed by atoms with E-state index in [-0.39, 0.29) is 0 Å². The molecule has 106 valence electrons. The molecule has 1 fully saturated rings. The number of aromatic nitrogens is 2. The van der Waals surface area contributed by atoms with Crippen LogP contribution in [0.4, 0.5) is 5.82 Å². The molecule has 0 radical (unpaired) electrons. The van der Waals surface area contributed by atoms with Crippen molar-refractivity contribution in [3.8, 4) is 6.07 Å². The summed E-state index contributed by atoms with van der Waals surface area (Å²) < 4.78 is 0. The first-order chi connectivity index (χ1) is 10.3. The zero-order valence-electron chi connectivity index (χ0n) is 12.1. The van der Waals surface area contributed by atoms with E-state index in [1.807, 2.05) is 6.07 Å². The number of hydrogen-bond donors (Lipinski definition) is 0. The Morgan fingerprint density at radius 1 is 1.19 bits per heavy atom. The molecule has 1 aromatic heterocycles. The van der Waals surface area contributed by atoms with Gasteiger partial charge in [0.15, 0.2) is 5.69 Å². The largest absolute Gasteiger partial charge is 0.353 e. The van der Waals surface area contributed by atoms with Gasteiger partial charge in [0.2, 0.25) is 0 Å². The third kappa shape index (κ3) is 2.87. The van der Waals surface area contributed by atoms with Crippen molar-refractivity contribution in [2.24, 2.45) is 0 Å². The average Bonchev–Trinajstić information content (AvgIpc) is 2.56. The Bertz CT molecular complexity index is 630. The van der Waals surface area contributed by atoms with Gasteiger partial charge in [-0.1, -0.05) is 30.3 Å². The van der Waals surface area contributed by atoms with Crippen molar-refractivity contribution in [1.29, 1.82) is 5.26 Å². The Morgan fingerprint density at radius 3 is 2.62 bits per heavy atom. The second-order valence-electron chi connectivity index (χ2n) is 5.55. The van der Waals surface area contributed by atoms with Gasteiger partial charge in [-0.3, -0.25) is 0 Å². The lowest BCUT2D eigenvalue weighted by molar-refractivity contribution is 0.428. The molecule has 0 N–H and O–H groups in total. The maximum absolute atomic E-state index is 8.79. The first-order valence-electron chi connectivity index (χ1n) is 7.31. The van der Waals surface area contributed by atoms with E-state index in [2.05, 4.69) is 52.1 Å². The number of benzene rings is 1. The SMILES string of the molecule is C[C@@H]1C[C@@H](c2ccccc2)CCN1c1cnc(C#N)cn1. The molecule has 3 rings (SSSR count). The molecule has 0 unspecified atom stereocenters. The van der Waals surface area contributed by atoms with Gasteiger partial charge < -0.3 is 4.90 Å². The fraction of sp³-hybridized carbons (Fsp3) is 0.353. The molecule has 0 aliphatic carbocycles. The van der Waals surface area contributed by atoms with Gasteiger partial charge in [0.05, 0.1) is 12.4 Å². The van der Waals surface area contributed by atoms with E-state index < -0.39 is 0 Å². The molecular weight excluding hydrogens is 260 g/mol. The Morgan fingerprint density at radius 2 is 2.00 bits per heavy atom. The minimum Gasteiger partial charge on any atom is -0.353 e. The van der Waals surface area contributed by atoms with Gasteiger partial charge in [0.1, 0.15) is 11.9 Å². The van der Waals surface area contributed by atoms with Crippen LogP contribution >= 0.6 is 0 Å². The van der Waals surface area contributed by atoms with E-state index in [1.165, 1.54) is 5.56 Å². The minimum absolute atomic E-state index is 0.366. The summed E-state index contributed by atoms with van der Waals surface area (Å²) in [7, 11) is 0. The van der Waals surface area contributed by atoms with Gasteiger partial charge in [0, 0.05) is 12.6 Å². The summed E-state index contributed by atoms with van der Waals surface area (Å²) in [5, 5.41) is 8.79. The third-order valence-electron chi connectivity index (χ3n) is 4.19. The van der Waals surface area contributed by atoms with Crippen LogP contribution in [-0.4, -0.2) is 22.6 Å². The van der Waals surface area contributed by atoms with Gasteiger partial charge in [-0.25, -0.2) is 9.97 Å². The Labute approximate surface area is 125 Å². The van der Waals surface area contributed by atoms with Crippen LogP contribution in [-0.2, 0) is 0 Å². The molecule has 1 aliphatic heterocycles. The van der Waals surface area contributed by atoms with Gasteiger partial charge in [-0.15, -0.1) is 0 Å². The Hall–Kier alpha value is -2.41. The topological polar surface area (TPSA) is 52.8 Å². The zero-order valence-corrected chi connectivity index (χ0v) is 12.1. The Kier molecular flexibility index (Phi) is 3.83. The summed E-state index contributed by atoms with van der Waals surface area (Å²) in [4.78, 5) is 10.8. The summed E-state index contributed by atoms with van der Waals surface area (Å²) in [5.74, 6) is 1.48. The van der Waals surface area contributed by atoms with Crippen molar-refractivity contribution in [3.05, 3.63) is 54.0 Å². The number of anilines is 1. The van der Waals surface area contributed by atoms with E-state index in [9.17, 15) is 0 Å². The monoisotopic (exact) mass is 278 g/mol. The molecule has 0 saturated carbocycles. The molecule has 2 atom stereocenters. The highest BCUT2D eigenvalue weighted by atomic mass is 15.2. The molecule has 1 aromatic carbocycles. The van der Waals surface area contributed by atoms with E-state index in [0.29, 0.717) is 17.7 Å². The van der Waals surface area contributed by atoms with E-state index in [4.69, 9.17) is 5.26 Å². The maximum atomic E-state index is 8.79. The number of hydrogen-bond acceptors (Lipinski definition) is 4. The van der Waals surface area contributed by atoms with Gasteiger partial charge in [-0.05, 0) is 31.2 Å². The van der Waals surface area contributed by atoms with E-state index >= 15 is 0 Å². The third-order valence-corrected chi connectivity index (χ3v) is 4.19. The zero-order chi connectivity index (χ0) is 14.7. The average molecular weight is 278 g/mol. The first-order valence-corrected chi connectivity index (χ1v) is 7.31. The van der Waals surface area contributed by atoms with Crippen LogP contribution < -0.4 is 4.90 Å². The maximum Gasteiger partial charge on any atom is 0.158 e. The number of nitrogens with zero attached hydrogens (tertiary/aromatic N) is 4. The molecule has 0 amide bonds. The summed E-state index contributed by atoms with van der Waals surface area (Å²) in [6.07, 6.45) is 5.49. The van der Waals surface area contributed by atoms with Gasteiger partial charge in [-0.2, -0.15) is 5.26 Å². The van der Waals surface area contributed by atoms with Crippen molar-refractivity contribution in [2.75, 3.05) is 11.4 Å². The summed E-state index contributed by atoms with van der Waals surface area (Å²) in [6.45, 7) is 3.20. The van der Waals surface area contributed by atoms with Crippen LogP contribution in [0.1, 0.15) is 36.9 Å². The molecule has 2 heterocycles. The molecule has 0 bridgehead atoms. The number of nitriles is 1. The highest BCUT2D eigenvalue weighted by molar-refractivity contribution is 5.40. The molecule has 1 aliphatic rings. The second-order valence-corrected chi connectivity index (χ2v) is 5.55. The second kappa shape index (κ2) is 5.92. The van der Waals surface area contributed by atoms with Crippen LogP contribution in [0.5, 0.6) is 0 Å². The summed E-state index contributed by atoms with van der Waals surface area (Å²) >= 11 is 0. The Balaban J connectivity index is 1.72. The van der Waals surface area contributed by atoms with Crippen LogP contribution in [0.25, 0.3) is 0 Å². The van der Waals surface area contributed by atoms with Gasteiger partial charge >= 0.3 is 0 Å². The molecule has 1 saturated heterocycles. The molecule has 2 aromatic rings. The highest BCUT2D eigenvalue weighted by Crippen LogP contribution is 2.33. The van der Waals surface area contributed by atoms with Crippen LogP contribution in [0, 0.1) is 11.3 Å². The standard InChI is InChI=1S/C17H18N4/c1-13-9-15(14-5-3-2-4-6-14)7-8-21(13)17-12-19-16(10-18)11-20-17/h2-6,11-13,15H,7-9H2,1H3/t13-,15+/m1/s1. The molecule has 4 heteroatoms. The molecule has 4 nitrogen and oxygen atoms in total. The number of piperidine rings is 1. The predicted molar refractivity (Wildman–Crippen MR) is 82.0 cm³/mol. The quantitative estimate of drug-likeness (QED) is 0.847. The smallest absolute Gasteiger partial charge is 0.158 e. The first kappa shape index (κ1) is 13.6. The minimum atomic E-state index is 0.366. The van der Waals surface area contributed by atoms with Crippen molar-refractivity contribution < 1.29 is 0 Å². The van der Waals surface area contributed by atoms with E-state index in [0.717, 1.165) is 25.2 Å². The van der Waals surface area contributed by atoms with Crippen LogP contribution in [0.2, 0.25) is 0 Å². The van der Waals surface area contributed by atoms with Crippen molar-refractivity contribution in [2.45, 2.75) is 31.7 Å². The summed E-state index contributed by atoms with van der Waals surface area (Å²) in [5.41, 5.74) is 1.79. The van der Waals surface area contributed by atoms with Crippen molar-refractivity contribution in [1.82, 2.24) is 9.97 Å². The van der Waals surface area contributed by atoms with Gasteiger partial charge in [0.25, 0.3) is 0 Å². The van der Waals surface area contributed by atoms with Crippen LogP contribution in [0.15, 0.2) is 42.7 Å². The molecule has 0 spiro atoms. The fourth-order valence-electron chi connectivity index (χ4n) is 3.07. The molecule has 21 heavy (non-hydrogen) atoms. The van der Waals surface area contributed by atoms with E-state index in [1.54, 1.807) is 12.4 Å². The predicted octanol–water partition coefficient (Wildman–Crippen LogP) is 3.12. The lowest BCUT2D eigenvalue weighted by Crippen LogP contribution is -2.40. The van der Waals surface area contributed by atoms with Crippen molar-refractivity contribution in [3.63, 3.8) is 0 Å². The number of rotatable bonds is 2.